The molecule has 4 heteroatoms. The molecule has 2 aliphatic rings. The van der Waals surface area contributed by atoms with Gasteiger partial charge in [-0.3, -0.25) is 0 Å². The number of nitrogens with one attached hydrogen (secondary N) is 1. The summed E-state index contributed by atoms with van der Waals surface area (Å²) in [6.07, 6.45) is 3.64. The van der Waals surface area contributed by atoms with Crippen LogP contribution < -0.4 is 5.32 Å². The van der Waals surface area contributed by atoms with Gasteiger partial charge >= 0.3 is 6.03 Å². The maximum Gasteiger partial charge on any atom is 0.321 e. The lowest BCUT2D eigenvalue weighted by molar-refractivity contribution is 0.220. The number of likely N-dealkylation sites (tertiary alicyclic amines) is 1. The molecule has 1 N–H and O–H groups in total. The quantitative estimate of drug-likeness (QED) is 0.796. The lowest BCUT2D eigenvalue weighted by atomic mass is 10.1. The first kappa shape index (κ1) is 10.6. The van der Waals surface area contributed by atoms with Crippen molar-refractivity contribution in [3.63, 3.8) is 0 Å². The third-order valence-corrected chi connectivity index (χ3v) is 3.78. The van der Waals surface area contributed by atoms with Gasteiger partial charge in [-0.2, -0.15) is 0 Å². The molecule has 1 aliphatic heterocycles. The number of amides is 2. The Balaban J connectivity index is 1.61. The molecule has 90 valence electrons. The highest BCUT2D eigenvalue weighted by Crippen LogP contribution is 2.52. The van der Waals surface area contributed by atoms with E-state index in [1.807, 2.05) is 4.90 Å². The first-order valence-corrected chi connectivity index (χ1v) is 5.98. The van der Waals surface area contributed by atoms with Gasteiger partial charge in [-0.15, -0.1) is 0 Å². The predicted octanol–water partition coefficient (Wildman–Crippen LogP) is 2.84. The Morgan fingerprint density at radius 2 is 1.94 bits per heavy atom. The molecule has 1 saturated carbocycles. The fourth-order valence-electron chi connectivity index (χ4n) is 2.43. The summed E-state index contributed by atoms with van der Waals surface area (Å²) in [5.74, 6) is -0.291. The normalized spacial score (nSPS) is 20.6. The van der Waals surface area contributed by atoms with E-state index in [1.54, 1.807) is 12.1 Å². The number of rotatable bonds is 1. The summed E-state index contributed by atoms with van der Waals surface area (Å²) < 4.78 is 12.7. The largest absolute Gasteiger partial charge is 0.324 e. The number of carbonyl (C=O) groups excluding carboxylic acids is 1. The molecule has 3 nitrogen and oxygen atoms in total. The van der Waals surface area contributed by atoms with Crippen molar-refractivity contribution >= 4 is 11.7 Å². The van der Waals surface area contributed by atoms with E-state index in [0.29, 0.717) is 11.1 Å². The summed E-state index contributed by atoms with van der Waals surface area (Å²) in [5.41, 5.74) is 1.09. The van der Waals surface area contributed by atoms with Crippen LogP contribution in [-0.4, -0.2) is 24.0 Å². The molecule has 1 aromatic rings. The minimum atomic E-state index is -0.291. The number of hydrogen-bond acceptors (Lipinski definition) is 1. The second kappa shape index (κ2) is 3.72. The Labute approximate surface area is 99.6 Å². The molecule has 0 radical (unpaired) electrons. The van der Waals surface area contributed by atoms with Crippen LogP contribution >= 0.6 is 0 Å². The highest BCUT2D eigenvalue weighted by molar-refractivity contribution is 5.89. The number of anilines is 1. The van der Waals surface area contributed by atoms with Crippen molar-refractivity contribution in [3.8, 4) is 0 Å². The molecule has 1 aromatic carbocycles. The zero-order chi connectivity index (χ0) is 11.9. The van der Waals surface area contributed by atoms with Gasteiger partial charge in [0, 0.05) is 18.8 Å². The van der Waals surface area contributed by atoms with Crippen LogP contribution in [-0.2, 0) is 0 Å². The van der Waals surface area contributed by atoms with E-state index in [4.69, 9.17) is 0 Å². The van der Waals surface area contributed by atoms with Gasteiger partial charge in [0.05, 0.1) is 0 Å². The maximum absolute atomic E-state index is 12.7. The lowest BCUT2D eigenvalue weighted by Gasteiger charge is -2.17. The van der Waals surface area contributed by atoms with E-state index < -0.39 is 0 Å². The Morgan fingerprint density at radius 3 is 2.53 bits per heavy atom. The van der Waals surface area contributed by atoms with E-state index in [1.165, 1.54) is 25.0 Å². The molecular formula is C13H15FN2O. The summed E-state index contributed by atoms with van der Waals surface area (Å²) in [7, 11) is 0. The molecule has 0 atom stereocenters. The Morgan fingerprint density at radius 1 is 1.24 bits per heavy atom. The number of carbonyl (C=O) groups is 1. The van der Waals surface area contributed by atoms with Crippen LogP contribution in [0, 0.1) is 11.2 Å². The monoisotopic (exact) mass is 234 g/mol. The topological polar surface area (TPSA) is 32.3 Å². The maximum atomic E-state index is 12.7. The van der Waals surface area contributed by atoms with Gasteiger partial charge in [0.1, 0.15) is 5.82 Å². The van der Waals surface area contributed by atoms with E-state index >= 15 is 0 Å². The summed E-state index contributed by atoms with van der Waals surface area (Å²) >= 11 is 0. The Hall–Kier alpha value is -1.58. The van der Waals surface area contributed by atoms with Gasteiger partial charge in [0.25, 0.3) is 0 Å². The SMILES string of the molecule is O=C(Nc1ccc(F)cc1)N1CCC2(CC2)C1. The Bertz CT molecular complexity index is 439. The number of halogens is 1. The number of benzene rings is 1. The average molecular weight is 234 g/mol. The molecule has 1 heterocycles. The van der Waals surface area contributed by atoms with E-state index in [9.17, 15) is 9.18 Å². The summed E-state index contributed by atoms with van der Waals surface area (Å²) in [4.78, 5) is 13.8. The van der Waals surface area contributed by atoms with Crippen LogP contribution in [0.2, 0.25) is 0 Å². The molecule has 0 bridgehead atoms. The van der Waals surface area contributed by atoms with Crippen molar-refractivity contribution in [1.82, 2.24) is 4.90 Å². The van der Waals surface area contributed by atoms with Crippen LogP contribution in [0.4, 0.5) is 14.9 Å². The summed E-state index contributed by atoms with van der Waals surface area (Å²) in [6, 6.07) is 5.79. The summed E-state index contributed by atoms with van der Waals surface area (Å²) in [5, 5.41) is 2.80. The molecule has 2 amide bonds. The first-order chi connectivity index (χ1) is 8.17. The standard InChI is InChI=1S/C13H15FN2O/c14-10-1-3-11(4-2-10)15-12(17)16-8-7-13(9-16)5-6-13/h1-4H,5-9H2,(H,15,17). The predicted molar refractivity (Wildman–Crippen MR) is 63.3 cm³/mol. The second-order valence-corrected chi connectivity index (χ2v) is 5.11. The van der Waals surface area contributed by atoms with Crippen LogP contribution in [0.25, 0.3) is 0 Å². The van der Waals surface area contributed by atoms with Crippen LogP contribution in [0.15, 0.2) is 24.3 Å². The number of urea groups is 1. The van der Waals surface area contributed by atoms with Gasteiger partial charge in [-0.1, -0.05) is 0 Å². The molecule has 2 fully saturated rings. The minimum Gasteiger partial charge on any atom is -0.324 e. The van der Waals surface area contributed by atoms with Crippen molar-refractivity contribution < 1.29 is 9.18 Å². The van der Waals surface area contributed by atoms with E-state index in [2.05, 4.69) is 5.32 Å². The molecule has 1 spiro atoms. The number of hydrogen-bond donors (Lipinski definition) is 1. The molecule has 1 aliphatic carbocycles. The highest BCUT2D eigenvalue weighted by Gasteiger charge is 2.48. The molecule has 0 aromatic heterocycles. The number of nitrogens with zero attached hydrogens (tertiary/aromatic N) is 1. The third kappa shape index (κ3) is 2.12. The van der Waals surface area contributed by atoms with Crippen molar-refractivity contribution in [3.05, 3.63) is 30.1 Å². The van der Waals surface area contributed by atoms with Gasteiger partial charge in [0.15, 0.2) is 0 Å². The van der Waals surface area contributed by atoms with E-state index in [-0.39, 0.29) is 11.8 Å². The molecule has 3 rings (SSSR count). The summed E-state index contributed by atoms with van der Waals surface area (Å²) in [6.45, 7) is 1.72. The third-order valence-electron chi connectivity index (χ3n) is 3.78. The fraction of sp³-hybridized carbons (Fsp3) is 0.462. The second-order valence-electron chi connectivity index (χ2n) is 5.11. The Kier molecular flexibility index (Phi) is 2.31. The minimum absolute atomic E-state index is 0.0691. The van der Waals surface area contributed by atoms with Gasteiger partial charge in [-0.25, -0.2) is 9.18 Å². The molecule has 0 unspecified atom stereocenters. The first-order valence-electron chi connectivity index (χ1n) is 5.98. The van der Waals surface area contributed by atoms with Gasteiger partial charge < -0.3 is 10.2 Å². The molecular weight excluding hydrogens is 219 g/mol. The van der Waals surface area contributed by atoms with Gasteiger partial charge in [-0.05, 0) is 48.9 Å². The lowest BCUT2D eigenvalue weighted by Crippen LogP contribution is -2.33. The average Bonchev–Trinajstić information content (AvgIpc) is 2.92. The zero-order valence-electron chi connectivity index (χ0n) is 9.58. The smallest absolute Gasteiger partial charge is 0.321 e. The van der Waals surface area contributed by atoms with E-state index in [0.717, 1.165) is 19.5 Å². The van der Waals surface area contributed by atoms with Crippen LogP contribution in [0.5, 0.6) is 0 Å². The molecule has 17 heavy (non-hydrogen) atoms. The van der Waals surface area contributed by atoms with Gasteiger partial charge in [0.2, 0.25) is 0 Å². The van der Waals surface area contributed by atoms with Crippen molar-refractivity contribution in [1.29, 1.82) is 0 Å². The highest BCUT2D eigenvalue weighted by atomic mass is 19.1. The van der Waals surface area contributed by atoms with Crippen molar-refractivity contribution in [2.45, 2.75) is 19.3 Å². The van der Waals surface area contributed by atoms with Crippen molar-refractivity contribution in [2.75, 3.05) is 18.4 Å². The fourth-order valence-corrected chi connectivity index (χ4v) is 2.43. The molecule has 1 saturated heterocycles. The van der Waals surface area contributed by atoms with Crippen molar-refractivity contribution in [2.24, 2.45) is 5.41 Å². The van der Waals surface area contributed by atoms with Crippen LogP contribution in [0.1, 0.15) is 19.3 Å². The van der Waals surface area contributed by atoms with Crippen LogP contribution in [0.3, 0.4) is 0 Å². The zero-order valence-corrected chi connectivity index (χ0v) is 9.58.